The average Bonchev–Trinajstić information content (AvgIpc) is 3.64. The van der Waals surface area contributed by atoms with Gasteiger partial charge >= 0.3 is 0 Å². The van der Waals surface area contributed by atoms with Crippen LogP contribution in [0.2, 0.25) is 0 Å². The van der Waals surface area contributed by atoms with Crippen LogP contribution in [0.4, 0.5) is 5.69 Å². The van der Waals surface area contributed by atoms with E-state index < -0.39 is 23.0 Å². The molecule has 3 fully saturated rings. The fourth-order valence-corrected chi connectivity index (χ4v) is 6.93. The number of imide groups is 1. The number of benzene rings is 3. The Morgan fingerprint density at radius 3 is 2.68 bits per heavy atom. The molecule has 3 saturated heterocycles. The molecule has 4 aromatic rings. The Kier molecular flexibility index (Phi) is 4.58. The largest absolute Gasteiger partial charge is 0.491 e. The number of nitrogens with zero attached hydrogens (tertiary/aromatic N) is 2. The molecule has 0 unspecified atom stereocenters. The first kappa shape index (κ1) is 22.1. The van der Waals surface area contributed by atoms with Crippen LogP contribution in [0, 0.1) is 23.2 Å². The van der Waals surface area contributed by atoms with Crippen molar-refractivity contribution in [2.45, 2.75) is 37.4 Å². The monoisotopic (exact) mass is 491 g/mol. The number of nitrogens with one attached hydrogen (secondary N) is 1. The van der Waals surface area contributed by atoms with Crippen LogP contribution in [-0.2, 0) is 14.3 Å². The van der Waals surface area contributed by atoms with Crippen LogP contribution in [0.5, 0.6) is 5.75 Å². The lowest BCUT2D eigenvalue weighted by atomic mass is 9.67. The number of para-hydroxylation sites is 1. The number of hydrogen-bond donors (Lipinski definition) is 1. The van der Waals surface area contributed by atoms with E-state index in [0.717, 1.165) is 33.8 Å². The van der Waals surface area contributed by atoms with Crippen LogP contribution >= 0.6 is 0 Å². The minimum absolute atomic E-state index is 0.217. The maximum atomic E-state index is 14.0. The van der Waals surface area contributed by atoms with Crippen LogP contribution in [0.1, 0.15) is 31.7 Å². The van der Waals surface area contributed by atoms with Gasteiger partial charge in [-0.25, -0.2) is 4.90 Å². The molecule has 7 heteroatoms. The van der Waals surface area contributed by atoms with E-state index in [-0.39, 0.29) is 11.8 Å². The van der Waals surface area contributed by atoms with Gasteiger partial charge in [0.2, 0.25) is 11.8 Å². The molecule has 3 aliphatic heterocycles. The predicted octanol–water partition coefficient (Wildman–Crippen LogP) is 5.09. The second-order valence-electron chi connectivity index (χ2n) is 10.5. The summed E-state index contributed by atoms with van der Waals surface area (Å²) in [6.45, 7) is 2.34. The number of H-pyrrole nitrogens is 1. The smallest absolute Gasteiger partial charge is 0.240 e. The molecule has 7 rings (SSSR count). The summed E-state index contributed by atoms with van der Waals surface area (Å²) < 4.78 is 12.7. The Balaban J connectivity index is 1.22. The Hall–Kier alpha value is -4.15. The molecule has 0 radical (unpaired) electrons. The minimum Gasteiger partial charge on any atom is -0.491 e. The van der Waals surface area contributed by atoms with Crippen molar-refractivity contribution in [3.05, 3.63) is 72.4 Å². The first-order chi connectivity index (χ1) is 18.0. The standard InChI is InChI=1S/C30H25N3O4/c1-29-12-13-30(37-29,14-16-36-23-8-4-5-18-11-15-32-26(18)23)25-24(29)27(34)33(28(25)35)22-10-9-19(17-31)20-6-2-3-7-21(20)22/h2-11,15,24-25,32H,12-14,16H2,1H3/t24-,25+,29-,30-/m1/s1. The van der Waals surface area contributed by atoms with Crippen molar-refractivity contribution < 1.29 is 19.1 Å². The first-order valence-electron chi connectivity index (χ1n) is 12.6. The second kappa shape index (κ2) is 7.67. The van der Waals surface area contributed by atoms with Gasteiger partial charge in [-0.15, -0.1) is 0 Å². The van der Waals surface area contributed by atoms with Crippen LogP contribution in [0.3, 0.4) is 0 Å². The third-order valence-electron chi connectivity index (χ3n) is 8.61. The third-order valence-corrected chi connectivity index (χ3v) is 8.61. The summed E-state index contributed by atoms with van der Waals surface area (Å²) in [5.41, 5.74) is 0.556. The maximum absolute atomic E-state index is 14.0. The highest BCUT2D eigenvalue weighted by molar-refractivity contribution is 6.26. The minimum atomic E-state index is -0.743. The molecule has 0 aliphatic carbocycles. The van der Waals surface area contributed by atoms with E-state index in [0.29, 0.717) is 30.7 Å². The number of nitriles is 1. The van der Waals surface area contributed by atoms with Gasteiger partial charge in [-0.2, -0.15) is 5.26 Å². The van der Waals surface area contributed by atoms with Crippen molar-refractivity contribution in [2.24, 2.45) is 11.8 Å². The van der Waals surface area contributed by atoms with E-state index in [1.165, 1.54) is 4.90 Å². The average molecular weight is 492 g/mol. The lowest BCUT2D eigenvalue weighted by molar-refractivity contribution is -0.131. The maximum Gasteiger partial charge on any atom is 0.240 e. The van der Waals surface area contributed by atoms with Crippen LogP contribution in [0.25, 0.3) is 21.7 Å². The molecule has 7 nitrogen and oxygen atoms in total. The van der Waals surface area contributed by atoms with E-state index in [1.54, 1.807) is 12.1 Å². The summed E-state index contributed by atoms with van der Waals surface area (Å²) in [6, 6.07) is 20.9. The Morgan fingerprint density at radius 2 is 1.84 bits per heavy atom. The Labute approximate surface area is 213 Å². The zero-order valence-corrected chi connectivity index (χ0v) is 20.4. The van der Waals surface area contributed by atoms with Crippen LogP contribution in [-0.4, -0.2) is 34.6 Å². The molecule has 3 aliphatic rings. The van der Waals surface area contributed by atoms with Crippen molar-refractivity contribution >= 4 is 39.2 Å². The number of aromatic amines is 1. The quantitative estimate of drug-likeness (QED) is 0.393. The molecule has 37 heavy (non-hydrogen) atoms. The van der Waals surface area contributed by atoms with Gasteiger partial charge in [-0.05, 0) is 44.0 Å². The number of anilines is 1. The Morgan fingerprint density at radius 1 is 1.03 bits per heavy atom. The number of hydrogen-bond acceptors (Lipinski definition) is 5. The molecule has 0 spiro atoms. The number of fused-ring (bicyclic) bond motifs is 7. The van der Waals surface area contributed by atoms with E-state index in [4.69, 9.17) is 9.47 Å². The molecule has 3 aromatic carbocycles. The van der Waals surface area contributed by atoms with Crippen molar-refractivity contribution in [3.8, 4) is 11.8 Å². The van der Waals surface area contributed by atoms with Crippen molar-refractivity contribution in [1.29, 1.82) is 5.26 Å². The number of amides is 2. The summed E-state index contributed by atoms with van der Waals surface area (Å²) in [4.78, 5) is 32.5. The molecule has 0 saturated carbocycles. The summed E-state index contributed by atoms with van der Waals surface area (Å²) in [5, 5.41) is 12.1. The highest BCUT2D eigenvalue weighted by Gasteiger charge is 2.73. The first-order valence-corrected chi connectivity index (χ1v) is 12.6. The van der Waals surface area contributed by atoms with Gasteiger partial charge in [0, 0.05) is 28.8 Å². The van der Waals surface area contributed by atoms with Crippen LogP contribution < -0.4 is 9.64 Å². The summed E-state index contributed by atoms with van der Waals surface area (Å²) in [6.07, 6.45) is 3.83. The summed E-state index contributed by atoms with van der Waals surface area (Å²) in [5.74, 6) is -0.771. The fraction of sp³-hybridized carbons (Fsp3) is 0.300. The van der Waals surface area contributed by atoms with Crippen LogP contribution in [0.15, 0.2) is 66.9 Å². The molecule has 1 N–H and O–H groups in total. The highest BCUT2D eigenvalue weighted by atomic mass is 16.5. The van der Waals surface area contributed by atoms with Gasteiger partial charge in [0.25, 0.3) is 0 Å². The molecule has 184 valence electrons. The number of carbonyl (C=O) groups excluding carboxylic acids is 2. The topological polar surface area (TPSA) is 95.4 Å². The molecule has 1 aromatic heterocycles. The van der Waals surface area contributed by atoms with E-state index in [1.807, 2.05) is 61.7 Å². The van der Waals surface area contributed by atoms with E-state index >= 15 is 0 Å². The van der Waals surface area contributed by atoms with Crippen molar-refractivity contribution in [1.82, 2.24) is 4.98 Å². The number of rotatable bonds is 5. The van der Waals surface area contributed by atoms with Gasteiger partial charge in [0.15, 0.2) is 0 Å². The lowest BCUT2D eigenvalue weighted by Gasteiger charge is -2.31. The molecule has 2 bridgehead atoms. The zero-order valence-electron chi connectivity index (χ0n) is 20.4. The number of ether oxygens (including phenoxy) is 2. The summed E-state index contributed by atoms with van der Waals surface area (Å²) >= 11 is 0. The third kappa shape index (κ3) is 2.96. The SMILES string of the molecule is C[C@]12CC[C@](CCOc3cccc4cc[nH]c34)(O1)[C@@H]1C(=O)N(c3ccc(C#N)c4ccccc34)C(=O)[C@@H]12. The molecule has 4 heterocycles. The fourth-order valence-electron chi connectivity index (χ4n) is 6.93. The molecule has 2 amide bonds. The van der Waals surface area contributed by atoms with E-state index in [2.05, 4.69) is 11.1 Å². The van der Waals surface area contributed by atoms with Gasteiger partial charge < -0.3 is 14.5 Å². The van der Waals surface area contributed by atoms with E-state index in [9.17, 15) is 14.9 Å². The number of aromatic nitrogens is 1. The predicted molar refractivity (Wildman–Crippen MR) is 138 cm³/mol. The Bertz CT molecular complexity index is 1650. The highest BCUT2D eigenvalue weighted by Crippen LogP contribution is 2.62. The molecular formula is C30H25N3O4. The number of carbonyl (C=O) groups is 2. The summed E-state index contributed by atoms with van der Waals surface area (Å²) in [7, 11) is 0. The van der Waals surface area contributed by atoms with Crippen molar-refractivity contribution in [3.63, 3.8) is 0 Å². The zero-order chi connectivity index (χ0) is 25.4. The normalized spacial score (nSPS) is 28.3. The van der Waals surface area contributed by atoms with Crippen molar-refractivity contribution in [2.75, 3.05) is 11.5 Å². The van der Waals surface area contributed by atoms with Gasteiger partial charge in [-0.3, -0.25) is 9.59 Å². The van der Waals surface area contributed by atoms with Gasteiger partial charge in [-0.1, -0.05) is 36.4 Å². The second-order valence-corrected chi connectivity index (χ2v) is 10.5. The molecule has 4 atom stereocenters. The lowest BCUT2D eigenvalue weighted by Crippen LogP contribution is -2.43. The molecular weight excluding hydrogens is 466 g/mol. The van der Waals surface area contributed by atoms with Gasteiger partial charge in [0.05, 0.1) is 52.5 Å². The van der Waals surface area contributed by atoms with Gasteiger partial charge in [0.1, 0.15) is 5.75 Å².